The lowest BCUT2D eigenvalue weighted by Crippen LogP contribution is -2.47. The fourth-order valence-electron chi connectivity index (χ4n) is 3.79. The van der Waals surface area contributed by atoms with Crippen LogP contribution in [0.25, 0.3) is 0 Å². The van der Waals surface area contributed by atoms with Crippen molar-refractivity contribution >= 4 is 5.91 Å². The Kier molecular flexibility index (Phi) is 3.78. The number of hydrogen-bond donors (Lipinski definition) is 1. The molecule has 0 aromatic carbocycles. The molecule has 2 aliphatic heterocycles. The van der Waals surface area contributed by atoms with Crippen LogP contribution in [-0.2, 0) is 6.42 Å². The lowest BCUT2D eigenvalue weighted by molar-refractivity contribution is 0.0663. The zero-order valence-electron chi connectivity index (χ0n) is 12.4. The maximum absolute atomic E-state index is 12.8. The van der Waals surface area contributed by atoms with Crippen LogP contribution in [0.1, 0.15) is 48.7 Å². The van der Waals surface area contributed by atoms with E-state index in [-0.39, 0.29) is 5.91 Å². The van der Waals surface area contributed by atoms with Gasteiger partial charge in [-0.2, -0.15) is 5.10 Å². The molecule has 5 heteroatoms. The number of likely N-dealkylation sites (tertiary alicyclic amines) is 2. The molecule has 20 heavy (non-hydrogen) atoms. The molecule has 2 aliphatic rings. The normalized spacial score (nSPS) is 27.4. The van der Waals surface area contributed by atoms with Crippen LogP contribution < -0.4 is 0 Å². The van der Waals surface area contributed by atoms with E-state index in [0.717, 1.165) is 43.6 Å². The molecule has 5 nitrogen and oxygen atoms in total. The number of aromatic nitrogens is 2. The molecule has 2 fully saturated rings. The zero-order chi connectivity index (χ0) is 14.1. The third kappa shape index (κ3) is 2.24. The molecule has 2 atom stereocenters. The summed E-state index contributed by atoms with van der Waals surface area (Å²) in [6, 6.07) is 0.924. The van der Waals surface area contributed by atoms with E-state index in [1.54, 1.807) is 6.20 Å². The van der Waals surface area contributed by atoms with E-state index in [2.05, 4.69) is 34.0 Å². The van der Waals surface area contributed by atoms with Gasteiger partial charge in [0.15, 0.2) is 0 Å². The molecule has 3 rings (SSSR count). The Labute approximate surface area is 120 Å². The van der Waals surface area contributed by atoms with E-state index in [4.69, 9.17) is 0 Å². The Morgan fingerprint density at radius 1 is 1.35 bits per heavy atom. The van der Waals surface area contributed by atoms with E-state index < -0.39 is 0 Å². The van der Waals surface area contributed by atoms with Crippen LogP contribution in [0.15, 0.2) is 6.20 Å². The minimum Gasteiger partial charge on any atom is -0.334 e. The molecule has 0 bridgehead atoms. The van der Waals surface area contributed by atoms with E-state index >= 15 is 0 Å². The summed E-state index contributed by atoms with van der Waals surface area (Å²) >= 11 is 0. The topological polar surface area (TPSA) is 52.2 Å². The van der Waals surface area contributed by atoms with Gasteiger partial charge in [0.1, 0.15) is 0 Å². The van der Waals surface area contributed by atoms with Gasteiger partial charge in [-0.05, 0) is 45.7 Å². The van der Waals surface area contributed by atoms with E-state index in [9.17, 15) is 4.79 Å². The summed E-state index contributed by atoms with van der Waals surface area (Å²) < 4.78 is 0. The molecule has 2 saturated heterocycles. The molecule has 3 heterocycles. The first kappa shape index (κ1) is 13.6. The number of carbonyl (C=O) groups excluding carboxylic acids is 1. The van der Waals surface area contributed by atoms with Gasteiger partial charge in [0.05, 0.1) is 11.8 Å². The predicted molar refractivity (Wildman–Crippen MR) is 77.7 cm³/mol. The number of nitrogens with zero attached hydrogens (tertiary/aromatic N) is 3. The fraction of sp³-hybridized carbons (Fsp3) is 0.733. The number of rotatable bonds is 3. The highest BCUT2D eigenvalue weighted by Crippen LogP contribution is 2.30. The van der Waals surface area contributed by atoms with Crippen molar-refractivity contribution < 1.29 is 4.79 Å². The molecule has 0 radical (unpaired) electrons. The maximum atomic E-state index is 12.8. The van der Waals surface area contributed by atoms with Gasteiger partial charge in [-0.3, -0.25) is 9.89 Å². The highest BCUT2D eigenvalue weighted by Gasteiger charge is 2.39. The lowest BCUT2D eigenvalue weighted by atomic mass is 10.0. The van der Waals surface area contributed by atoms with Gasteiger partial charge < -0.3 is 9.80 Å². The summed E-state index contributed by atoms with van der Waals surface area (Å²) in [6.45, 7) is 4.10. The predicted octanol–water partition coefficient (Wildman–Crippen LogP) is 1.67. The quantitative estimate of drug-likeness (QED) is 0.913. The van der Waals surface area contributed by atoms with E-state index in [0.29, 0.717) is 12.1 Å². The SMILES string of the molecule is CCc1[nH]ncc1C(=O)N1CCC[C@@H]1[C@@H]1CCCN1C. The van der Waals surface area contributed by atoms with Gasteiger partial charge in [0, 0.05) is 24.3 Å². The Hall–Kier alpha value is -1.36. The summed E-state index contributed by atoms with van der Waals surface area (Å²) in [5, 5.41) is 6.99. The number of aryl methyl sites for hydroxylation is 1. The molecule has 110 valence electrons. The number of carbonyl (C=O) groups is 1. The molecule has 0 spiro atoms. The average molecular weight is 276 g/mol. The van der Waals surface area contributed by atoms with Crippen molar-refractivity contribution in [2.75, 3.05) is 20.1 Å². The van der Waals surface area contributed by atoms with Crippen LogP contribution in [0.2, 0.25) is 0 Å². The number of amides is 1. The Morgan fingerprint density at radius 3 is 2.80 bits per heavy atom. The summed E-state index contributed by atoms with van der Waals surface area (Å²) in [6.07, 6.45) is 7.25. The molecule has 1 aromatic rings. The third-order valence-electron chi connectivity index (χ3n) is 4.88. The second kappa shape index (κ2) is 5.56. The van der Waals surface area contributed by atoms with Crippen LogP contribution >= 0.6 is 0 Å². The van der Waals surface area contributed by atoms with E-state index in [1.165, 1.54) is 12.8 Å². The Bertz CT molecular complexity index is 484. The second-order valence-electron chi connectivity index (χ2n) is 6.01. The van der Waals surface area contributed by atoms with Crippen LogP contribution in [0.5, 0.6) is 0 Å². The van der Waals surface area contributed by atoms with Crippen LogP contribution in [0.4, 0.5) is 0 Å². The minimum absolute atomic E-state index is 0.165. The monoisotopic (exact) mass is 276 g/mol. The summed E-state index contributed by atoms with van der Waals surface area (Å²) in [7, 11) is 2.19. The number of aromatic amines is 1. The highest BCUT2D eigenvalue weighted by molar-refractivity contribution is 5.95. The zero-order valence-corrected chi connectivity index (χ0v) is 12.4. The molecule has 0 unspecified atom stereocenters. The van der Waals surface area contributed by atoms with Gasteiger partial charge in [0.2, 0.25) is 0 Å². The van der Waals surface area contributed by atoms with Crippen molar-refractivity contribution in [3.63, 3.8) is 0 Å². The largest absolute Gasteiger partial charge is 0.334 e. The summed E-state index contributed by atoms with van der Waals surface area (Å²) in [5.41, 5.74) is 1.72. The number of nitrogens with one attached hydrogen (secondary N) is 1. The second-order valence-corrected chi connectivity index (χ2v) is 6.01. The van der Waals surface area contributed by atoms with Crippen molar-refractivity contribution in [3.8, 4) is 0 Å². The van der Waals surface area contributed by atoms with Gasteiger partial charge >= 0.3 is 0 Å². The first-order valence-electron chi connectivity index (χ1n) is 7.75. The first-order valence-corrected chi connectivity index (χ1v) is 7.75. The first-order chi connectivity index (χ1) is 9.72. The molecular weight excluding hydrogens is 252 g/mol. The molecule has 1 N–H and O–H groups in total. The maximum Gasteiger partial charge on any atom is 0.257 e. The number of likely N-dealkylation sites (N-methyl/N-ethyl adjacent to an activating group) is 1. The molecule has 0 saturated carbocycles. The highest BCUT2D eigenvalue weighted by atomic mass is 16.2. The van der Waals surface area contributed by atoms with Crippen LogP contribution in [0, 0.1) is 0 Å². The van der Waals surface area contributed by atoms with Crippen molar-refractivity contribution in [1.29, 1.82) is 0 Å². The Morgan fingerprint density at radius 2 is 2.10 bits per heavy atom. The molecule has 1 aromatic heterocycles. The molecule has 0 aliphatic carbocycles. The number of H-pyrrole nitrogens is 1. The summed E-state index contributed by atoms with van der Waals surface area (Å²) in [4.78, 5) is 17.3. The standard InChI is InChI=1S/C15H24N4O/c1-3-12-11(10-16-17-12)15(20)19-9-5-7-14(19)13-6-4-8-18(13)2/h10,13-14H,3-9H2,1-2H3,(H,16,17)/t13-,14+/m0/s1. The van der Waals surface area contributed by atoms with Gasteiger partial charge in [-0.15, -0.1) is 0 Å². The van der Waals surface area contributed by atoms with Crippen LogP contribution in [-0.4, -0.2) is 58.1 Å². The smallest absolute Gasteiger partial charge is 0.257 e. The molecule has 1 amide bonds. The minimum atomic E-state index is 0.165. The van der Waals surface area contributed by atoms with Crippen molar-refractivity contribution in [2.24, 2.45) is 0 Å². The van der Waals surface area contributed by atoms with Gasteiger partial charge in [0.25, 0.3) is 5.91 Å². The Balaban J connectivity index is 1.80. The average Bonchev–Trinajstić information content (AvgIpc) is 3.17. The summed E-state index contributed by atoms with van der Waals surface area (Å²) in [5.74, 6) is 0.165. The van der Waals surface area contributed by atoms with Gasteiger partial charge in [-0.1, -0.05) is 6.92 Å². The number of hydrogen-bond acceptors (Lipinski definition) is 3. The van der Waals surface area contributed by atoms with Crippen molar-refractivity contribution in [3.05, 3.63) is 17.5 Å². The third-order valence-corrected chi connectivity index (χ3v) is 4.88. The van der Waals surface area contributed by atoms with Crippen molar-refractivity contribution in [1.82, 2.24) is 20.0 Å². The van der Waals surface area contributed by atoms with Crippen LogP contribution in [0.3, 0.4) is 0 Å². The van der Waals surface area contributed by atoms with Crippen molar-refractivity contribution in [2.45, 2.75) is 51.1 Å². The lowest BCUT2D eigenvalue weighted by Gasteiger charge is -2.33. The van der Waals surface area contributed by atoms with E-state index in [1.807, 2.05) is 0 Å². The molecular formula is C15H24N4O. The van der Waals surface area contributed by atoms with Gasteiger partial charge in [-0.25, -0.2) is 0 Å². The fourth-order valence-corrected chi connectivity index (χ4v) is 3.79.